The molecule has 5 aliphatic rings. The smallest absolute Gasteiger partial charge is 0.320 e. The molecule has 7 aromatic carbocycles. The van der Waals surface area contributed by atoms with Gasteiger partial charge < -0.3 is 40.4 Å². The molecular weight excluding hydrogens is 2100 g/mol. The van der Waals surface area contributed by atoms with Crippen LogP contribution in [-0.2, 0) is 130 Å². The number of benzene rings is 7. The summed E-state index contributed by atoms with van der Waals surface area (Å²) in [5.74, 6) is 12.2. The average molecular weight is 2240 g/mol. The number of alkyl halides is 3. The highest BCUT2D eigenvalue weighted by atomic mass is 79.9. The molecule has 0 atom stereocenters. The second-order valence-corrected chi connectivity index (χ2v) is 41.2. The van der Waals surface area contributed by atoms with Crippen molar-refractivity contribution in [3.8, 4) is 11.5 Å². The molecule has 7 aromatic rings. The lowest BCUT2D eigenvalue weighted by atomic mass is 10.1. The molecule has 21 N–H and O–H groups in total. The maximum absolute atomic E-state index is 12.2. The molecule has 12 rings (SSSR count). The Bertz CT molecular complexity index is 5480. The van der Waals surface area contributed by atoms with Crippen LogP contribution in [0.2, 0.25) is 0 Å². The summed E-state index contributed by atoms with van der Waals surface area (Å²) in [6, 6.07) is 43.0. The molecule has 2 amide bonds. The number of carbonyl (C=O) groups is 6. The number of aromatic hydroxyl groups is 2. The van der Waals surface area contributed by atoms with Crippen molar-refractivity contribution in [1.82, 2.24) is 61.1 Å². The summed E-state index contributed by atoms with van der Waals surface area (Å²) in [4.78, 5) is 82.1. The molecule has 0 aromatic heterocycles. The number of primary sulfonamides is 4. The zero-order valence-corrected chi connectivity index (χ0v) is 88.1. The van der Waals surface area contributed by atoms with E-state index in [1.54, 1.807) is 111 Å². The summed E-state index contributed by atoms with van der Waals surface area (Å²) in [5.41, 5.74) is 12.1. The first-order valence-electron chi connectivity index (χ1n) is 44.3. The van der Waals surface area contributed by atoms with Crippen molar-refractivity contribution in [3.63, 3.8) is 0 Å². The summed E-state index contributed by atoms with van der Waals surface area (Å²) < 4.78 is 125. The lowest BCUT2D eigenvalue weighted by molar-refractivity contribution is -0.145. The number of hydrogen-bond donors (Lipinski definition) is 14. The van der Waals surface area contributed by atoms with Crippen molar-refractivity contribution >= 4 is 146 Å². The van der Waals surface area contributed by atoms with Crippen LogP contribution in [0.15, 0.2) is 213 Å². The van der Waals surface area contributed by atoms with Gasteiger partial charge in [-0.3, -0.25) is 80.2 Å². The molecule has 41 nitrogen and oxygen atoms in total. The molecule has 50 heteroatoms. The van der Waals surface area contributed by atoms with Crippen LogP contribution in [0.25, 0.3) is 0 Å². The molecule has 5 aliphatic heterocycles. The van der Waals surface area contributed by atoms with Crippen molar-refractivity contribution in [1.29, 1.82) is 0 Å². The van der Waals surface area contributed by atoms with Crippen LogP contribution < -0.4 is 64.9 Å². The van der Waals surface area contributed by atoms with Gasteiger partial charge in [-0.15, -0.1) is 24.8 Å². The number of nitrogens with zero attached hydrogens (tertiary/aromatic N) is 8. The summed E-state index contributed by atoms with van der Waals surface area (Å²) in [6.45, 7) is 35.4. The van der Waals surface area contributed by atoms with Crippen LogP contribution in [-0.4, -0.2) is 312 Å². The van der Waals surface area contributed by atoms with Crippen LogP contribution in [0.1, 0.15) is 75.6 Å². The van der Waals surface area contributed by atoms with E-state index in [2.05, 4.69) is 118 Å². The fourth-order valence-electron chi connectivity index (χ4n) is 13.1. The average Bonchev–Trinajstić information content (AvgIpc) is 0.867. The second-order valence-electron chi connectivity index (χ2n) is 31.0. The number of nitrogens with one attached hydrogen (secondary N) is 5. The maximum atomic E-state index is 12.2. The molecule has 782 valence electrons. The standard InChI is InChI=1S/C23H29N5O4S.C15H23N3O4S.C13H21N5O3S.C10H10O2.C8H16N2O2.C7H6BrClO2S.C7H8BrNO2S.C4H7ClO2.C4H10N2.H4N2/c1-2-4-19-5-3-6-20(23(19)30)15-25-26-22(29)17-28-13-11-27(12-14-28)16-18-7-9-21(10-8-18)33(24,31)32;1-2-22-15(19)12-18-9-7-17(8-10-18)11-13-3-5-14(6-4-13)23(16,20)21;14-16-13(19)10-18-7-5-17(6-8-18)9-11-1-3-12(4-2-11)22(15,20)21;1-2-4-8-5-3-6-9(7-11)10(8)12;1-2-12-8(11)7-10-5-3-9-4-6-10;2*8-5-6-1-3-7(4-2-6)12(9,10)11;1-2-7-4(6)3-5;1-2-6-4-3-5-1;1-2/h2-3,5-10,15,30H,1,4,11-14,16-17H2,(H,26,29)(H2,24,31,32);3-6H,2,7-12H2,1H3,(H2,16,20,21);1-4H,5-10,14H2,(H,16,19)(H2,15,20,21);2-3,5-7,12H,1,4H2;9H,2-7H2,1H3;1-4H,5H2;1-4H,5H2,(H2,9,10,11);2-3H2,1H3;5-6H,1-4H2;1-2H2/b25-15+;;;;;;;;;. The van der Waals surface area contributed by atoms with Crippen molar-refractivity contribution in [2.45, 2.75) is 88.4 Å². The van der Waals surface area contributed by atoms with E-state index in [9.17, 15) is 81.1 Å². The van der Waals surface area contributed by atoms with E-state index in [0.29, 0.717) is 86.9 Å². The first-order chi connectivity index (χ1) is 67.0. The number of phenolic OH excluding ortho intramolecular Hbond substituents is 2. The first-order valence-corrected chi connectivity index (χ1v) is 55.6. The monoisotopic (exact) mass is 2230 g/mol. The predicted octanol–water partition coefficient (Wildman–Crippen LogP) is 3.40. The third kappa shape index (κ3) is 53.4. The lowest BCUT2D eigenvalue weighted by Crippen LogP contribution is -2.49. The quantitative estimate of drug-likeness (QED) is 0.00274. The number of para-hydroxylation sites is 2. The fraction of sp³-hybridized carbons (Fsp3) is 0.418. The third-order valence-corrected chi connectivity index (χ3v) is 27.1. The number of nitrogens with two attached hydrogens (primary N) is 7. The number of phenols is 2. The predicted molar refractivity (Wildman–Crippen MR) is 553 cm³/mol. The number of ether oxygens (including phenoxy) is 3. The van der Waals surface area contributed by atoms with Gasteiger partial charge in [0.15, 0.2) is 6.29 Å². The molecule has 0 aliphatic carbocycles. The van der Waals surface area contributed by atoms with Gasteiger partial charge in [-0.05, 0) is 145 Å². The Kier molecular flexibility index (Phi) is 61.7. The van der Waals surface area contributed by atoms with Gasteiger partial charge in [0.25, 0.3) is 15.0 Å². The topological polar surface area (TPSA) is 619 Å². The van der Waals surface area contributed by atoms with E-state index < -0.39 is 49.1 Å². The number of rotatable bonds is 32. The highest BCUT2D eigenvalue weighted by Gasteiger charge is 2.24. The number of hydrazine groups is 2. The highest BCUT2D eigenvalue weighted by Crippen LogP contribution is 2.25. The number of halogens is 4. The highest BCUT2D eigenvalue weighted by molar-refractivity contribution is 9.08. The SMILES string of the molecule is C1CNCCN1.C=CCc1cccc(/C=N/NC(=O)CN2CCN(Cc3ccc(S(N)(=O)=O)cc3)CC2)c1O.C=CCc1cccc(C=O)c1O.CCOC(=O)CCl.CCOC(=O)CN1CCN(Cc2ccc(S(N)(=O)=O)cc2)CC1.CCOC(=O)CN1CCNCC1.NN.NNC(=O)CN1CCN(Cc2ccc(S(N)(=O)=O)cc2)CC1.NS(=O)(=O)c1ccc(CBr)cc1.O=S(=O)(Cl)c1ccc(CBr)cc1. The largest absolute Gasteiger partial charge is 0.507 e. The van der Waals surface area contributed by atoms with Crippen molar-refractivity contribution in [2.75, 3.05) is 183 Å². The normalized spacial score (nSPS) is 15.0. The van der Waals surface area contributed by atoms with E-state index in [1.165, 1.54) is 66.9 Å². The summed E-state index contributed by atoms with van der Waals surface area (Å²) in [7, 11) is -13.0. The number of piperazine rings is 5. The number of hydrogen-bond acceptors (Lipinski definition) is 35. The van der Waals surface area contributed by atoms with Gasteiger partial charge in [0.1, 0.15) is 17.4 Å². The molecule has 5 saturated heterocycles. The summed E-state index contributed by atoms with van der Waals surface area (Å²) in [5, 5.41) is 54.9. The molecule has 0 saturated carbocycles. The Morgan fingerprint density at radius 2 is 0.702 bits per heavy atom. The molecule has 0 spiro atoms. The van der Waals surface area contributed by atoms with Crippen molar-refractivity contribution in [3.05, 3.63) is 233 Å². The van der Waals surface area contributed by atoms with Crippen LogP contribution in [0, 0.1) is 0 Å². The molecule has 0 radical (unpaired) electrons. The third-order valence-electron chi connectivity index (χ3n) is 20.5. The molecule has 0 unspecified atom stereocenters. The van der Waals surface area contributed by atoms with E-state index in [4.69, 9.17) is 58.2 Å². The van der Waals surface area contributed by atoms with Crippen molar-refractivity contribution in [2.24, 2.45) is 43.2 Å². The number of hydrazone groups is 1. The number of esters is 3. The van der Waals surface area contributed by atoms with Crippen LogP contribution >= 0.6 is 54.1 Å². The Balaban J connectivity index is 0.000000425. The van der Waals surface area contributed by atoms with Gasteiger partial charge in [-0.2, -0.15) is 5.10 Å². The van der Waals surface area contributed by atoms with Crippen LogP contribution in [0.4, 0.5) is 0 Å². The van der Waals surface area contributed by atoms with Gasteiger partial charge in [0.05, 0.1) is 82.3 Å². The van der Waals surface area contributed by atoms with Gasteiger partial charge in [0.2, 0.25) is 46.0 Å². The first kappa shape index (κ1) is 126. The van der Waals surface area contributed by atoms with E-state index >= 15 is 0 Å². The number of carbonyl (C=O) groups excluding carboxylic acids is 6. The molecular formula is C91H134Br2Cl2N20O21S5. The van der Waals surface area contributed by atoms with Gasteiger partial charge in [-0.25, -0.2) is 73.9 Å². The Morgan fingerprint density at radius 1 is 0.418 bits per heavy atom. The van der Waals surface area contributed by atoms with E-state index in [1.807, 2.05) is 28.9 Å². The number of amides is 2. The van der Waals surface area contributed by atoms with Crippen molar-refractivity contribution < 1.29 is 95.3 Å². The second kappa shape index (κ2) is 69.0. The molecule has 5 fully saturated rings. The zero-order valence-electron chi connectivity index (χ0n) is 79.3. The van der Waals surface area contributed by atoms with E-state index in [-0.39, 0.29) is 78.1 Å². The van der Waals surface area contributed by atoms with E-state index in [0.717, 1.165) is 183 Å². The minimum absolute atomic E-state index is 0.0478. The Hall–Kier alpha value is -9.08. The van der Waals surface area contributed by atoms with Crippen LogP contribution in [0.5, 0.6) is 11.5 Å². The Labute approximate surface area is 854 Å². The Morgan fingerprint density at radius 3 is 0.986 bits per heavy atom. The maximum Gasteiger partial charge on any atom is 0.320 e. The number of sulfonamides is 4. The number of allylic oxidation sites excluding steroid dienone is 2. The molecule has 0 bridgehead atoms. The minimum Gasteiger partial charge on any atom is -0.507 e. The molecule has 141 heavy (non-hydrogen) atoms. The summed E-state index contributed by atoms with van der Waals surface area (Å²) >= 11 is 11.6. The number of aldehydes is 1. The van der Waals surface area contributed by atoms with Gasteiger partial charge in [-0.1, -0.05) is 129 Å². The van der Waals surface area contributed by atoms with Crippen LogP contribution in [0.3, 0.4) is 0 Å². The zero-order chi connectivity index (χ0) is 105. The van der Waals surface area contributed by atoms with Gasteiger partial charge in [0, 0.05) is 177 Å². The lowest BCUT2D eigenvalue weighted by Gasteiger charge is -2.34. The van der Waals surface area contributed by atoms with Gasteiger partial charge >= 0.3 is 17.9 Å². The molecule has 5 heterocycles. The summed E-state index contributed by atoms with van der Waals surface area (Å²) in [6.07, 6.45) is 6.59. The fourth-order valence-corrected chi connectivity index (χ4v) is 16.8. The minimum atomic E-state index is -3.68.